The number of hydrogen-bond donors (Lipinski definition) is 0. The van der Waals surface area contributed by atoms with Crippen LogP contribution in [0.15, 0.2) is 53.3 Å². The van der Waals surface area contributed by atoms with E-state index in [9.17, 15) is 4.79 Å². The van der Waals surface area contributed by atoms with Gasteiger partial charge in [0, 0.05) is 25.7 Å². The molecule has 0 saturated carbocycles. The Bertz CT molecular complexity index is 900. The Kier molecular flexibility index (Phi) is 5.05. The van der Waals surface area contributed by atoms with Crippen molar-refractivity contribution in [2.75, 3.05) is 13.1 Å². The van der Waals surface area contributed by atoms with Gasteiger partial charge in [-0.1, -0.05) is 30.3 Å². The van der Waals surface area contributed by atoms with Crippen molar-refractivity contribution in [1.29, 1.82) is 0 Å². The van der Waals surface area contributed by atoms with Crippen LogP contribution in [0.25, 0.3) is 0 Å². The Morgan fingerprint density at radius 3 is 2.89 bits per heavy atom. The summed E-state index contributed by atoms with van der Waals surface area (Å²) in [5.41, 5.74) is 2.26. The molecule has 1 amide bonds. The normalized spacial score (nSPS) is 17.2. The first kappa shape index (κ1) is 17.5. The van der Waals surface area contributed by atoms with E-state index >= 15 is 0 Å². The summed E-state index contributed by atoms with van der Waals surface area (Å²) in [4.78, 5) is 19.0. The zero-order valence-electron chi connectivity index (χ0n) is 15.5. The second kappa shape index (κ2) is 7.78. The van der Waals surface area contributed by atoms with Crippen LogP contribution < -0.4 is 0 Å². The summed E-state index contributed by atoms with van der Waals surface area (Å²) in [6.45, 7) is 3.70. The molecular formula is C21H24N4O2. The second-order valence-corrected chi connectivity index (χ2v) is 7.22. The molecule has 1 aromatic carbocycles. The van der Waals surface area contributed by atoms with Gasteiger partial charge in [-0.3, -0.25) is 9.48 Å². The zero-order valence-corrected chi connectivity index (χ0v) is 15.5. The van der Waals surface area contributed by atoms with E-state index in [-0.39, 0.29) is 18.4 Å². The number of piperidine rings is 1. The maximum absolute atomic E-state index is 12.6. The number of aryl methyl sites for hydroxylation is 1. The molecule has 0 N–H and O–H groups in total. The number of rotatable bonds is 5. The highest BCUT2D eigenvalue weighted by atomic mass is 16.4. The molecular weight excluding hydrogens is 340 g/mol. The third kappa shape index (κ3) is 4.27. The summed E-state index contributed by atoms with van der Waals surface area (Å²) in [6, 6.07) is 10.2. The van der Waals surface area contributed by atoms with E-state index in [1.165, 1.54) is 5.56 Å². The lowest BCUT2D eigenvalue weighted by Gasteiger charge is -2.31. The van der Waals surface area contributed by atoms with Crippen molar-refractivity contribution in [2.24, 2.45) is 0 Å². The monoisotopic (exact) mass is 364 g/mol. The fraction of sp³-hybridized carbons (Fsp3) is 0.381. The van der Waals surface area contributed by atoms with E-state index in [4.69, 9.17) is 4.42 Å². The number of benzene rings is 1. The number of likely N-dealkylation sites (tertiary alicyclic amines) is 1. The minimum absolute atomic E-state index is 0.0962. The first-order chi connectivity index (χ1) is 13.2. The van der Waals surface area contributed by atoms with Crippen molar-refractivity contribution in [2.45, 2.75) is 38.6 Å². The molecule has 0 bridgehead atoms. The van der Waals surface area contributed by atoms with Crippen molar-refractivity contribution in [1.82, 2.24) is 19.7 Å². The quantitative estimate of drug-likeness (QED) is 0.697. The fourth-order valence-corrected chi connectivity index (χ4v) is 3.59. The Labute approximate surface area is 158 Å². The van der Waals surface area contributed by atoms with Gasteiger partial charge >= 0.3 is 0 Å². The molecule has 0 aliphatic carbocycles. The Morgan fingerprint density at radius 2 is 2.11 bits per heavy atom. The smallest absolute Gasteiger partial charge is 0.244 e. The number of amides is 1. The van der Waals surface area contributed by atoms with Gasteiger partial charge in [-0.05, 0) is 30.9 Å². The van der Waals surface area contributed by atoms with Gasteiger partial charge < -0.3 is 9.32 Å². The van der Waals surface area contributed by atoms with E-state index < -0.39 is 0 Å². The highest BCUT2D eigenvalue weighted by molar-refractivity contribution is 5.76. The number of aromatic nitrogens is 3. The molecule has 3 aromatic rings. The van der Waals surface area contributed by atoms with Gasteiger partial charge in [0.2, 0.25) is 5.91 Å². The number of carbonyl (C=O) groups excluding carboxylic acids is 1. The van der Waals surface area contributed by atoms with Gasteiger partial charge in [-0.2, -0.15) is 5.10 Å². The molecule has 140 valence electrons. The standard InChI is InChI=1S/C21H24N4O2/c1-16-11-23-25(13-16)15-20(26)24-9-5-8-18(14-24)21-22-12-19(27-21)10-17-6-3-2-4-7-17/h2-4,6-7,11-13,18H,5,8-10,14-15H2,1H3/t18-/m1/s1. The number of hydrogen-bond acceptors (Lipinski definition) is 4. The molecule has 1 atom stereocenters. The lowest BCUT2D eigenvalue weighted by atomic mass is 9.98. The summed E-state index contributed by atoms with van der Waals surface area (Å²) in [5, 5.41) is 4.21. The lowest BCUT2D eigenvalue weighted by Crippen LogP contribution is -2.41. The van der Waals surface area contributed by atoms with Crippen molar-refractivity contribution < 1.29 is 9.21 Å². The largest absolute Gasteiger partial charge is 0.445 e. The predicted molar refractivity (Wildman–Crippen MR) is 101 cm³/mol. The highest BCUT2D eigenvalue weighted by Gasteiger charge is 2.28. The molecule has 1 aliphatic rings. The van der Waals surface area contributed by atoms with E-state index in [1.54, 1.807) is 10.9 Å². The predicted octanol–water partition coefficient (Wildman–Crippen LogP) is 3.18. The van der Waals surface area contributed by atoms with Gasteiger partial charge in [-0.25, -0.2) is 4.98 Å². The van der Waals surface area contributed by atoms with Crippen LogP contribution in [-0.4, -0.2) is 38.7 Å². The lowest BCUT2D eigenvalue weighted by molar-refractivity contribution is -0.133. The second-order valence-electron chi connectivity index (χ2n) is 7.22. The average molecular weight is 364 g/mol. The third-order valence-electron chi connectivity index (χ3n) is 4.98. The molecule has 1 saturated heterocycles. The third-order valence-corrected chi connectivity index (χ3v) is 4.98. The maximum atomic E-state index is 12.6. The van der Waals surface area contributed by atoms with E-state index in [1.807, 2.05) is 42.4 Å². The minimum atomic E-state index is 0.0962. The molecule has 0 unspecified atom stereocenters. The molecule has 1 fully saturated rings. The van der Waals surface area contributed by atoms with Gasteiger partial charge in [0.1, 0.15) is 12.3 Å². The highest BCUT2D eigenvalue weighted by Crippen LogP contribution is 2.27. The first-order valence-electron chi connectivity index (χ1n) is 9.43. The maximum Gasteiger partial charge on any atom is 0.244 e. The average Bonchev–Trinajstić information content (AvgIpc) is 3.32. The number of carbonyl (C=O) groups is 1. The van der Waals surface area contributed by atoms with Crippen molar-refractivity contribution >= 4 is 5.91 Å². The molecule has 0 radical (unpaired) electrons. The molecule has 3 heterocycles. The molecule has 2 aromatic heterocycles. The van der Waals surface area contributed by atoms with Crippen LogP contribution in [0.3, 0.4) is 0 Å². The van der Waals surface area contributed by atoms with Crippen LogP contribution >= 0.6 is 0 Å². The van der Waals surface area contributed by atoms with Gasteiger partial charge in [0.05, 0.1) is 18.3 Å². The van der Waals surface area contributed by atoms with Crippen LogP contribution in [0, 0.1) is 6.92 Å². The molecule has 6 nitrogen and oxygen atoms in total. The zero-order chi connectivity index (χ0) is 18.6. The molecule has 1 aliphatic heterocycles. The number of nitrogens with zero attached hydrogens (tertiary/aromatic N) is 4. The van der Waals surface area contributed by atoms with Crippen LogP contribution in [0.5, 0.6) is 0 Å². The van der Waals surface area contributed by atoms with Crippen LogP contribution in [0.2, 0.25) is 0 Å². The topological polar surface area (TPSA) is 64.2 Å². The summed E-state index contributed by atoms with van der Waals surface area (Å²) in [5.74, 6) is 1.87. The molecule has 4 rings (SSSR count). The number of oxazole rings is 1. The van der Waals surface area contributed by atoms with Crippen molar-refractivity contribution in [3.8, 4) is 0 Å². The molecule has 0 spiro atoms. The Morgan fingerprint density at radius 1 is 1.26 bits per heavy atom. The molecule has 6 heteroatoms. The van der Waals surface area contributed by atoms with Crippen LogP contribution in [0.4, 0.5) is 0 Å². The van der Waals surface area contributed by atoms with Crippen LogP contribution in [-0.2, 0) is 17.8 Å². The van der Waals surface area contributed by atoms with Gasteiger partial charge in [0.25, 0.3) is 0 Å². The Balaban J connectivity index is 1.38. The summed E-state index contributed by atoms with van der Waals surface area (Å²) >= 11 is 0. The fourth-order valence-electron chi connectivity index (χ4n) is 3.59. The van der Waals surface area contributed by atoms with Crippen LogP contribution in [0.1, 0.15) is 41.5 Å². The van der Waals surface area contributed by atoms with E-state index in [2.05, 4.69) is 22.2 Å². The van der Waals surface area contributed by atoms with Crippen molar-refractivity contribution in [3.05, 3.63) is 71.7 Å². The summed E-state index contributed by atoms with van der Waals surface area (Å²) in [6.07, 6.45) is 8.18. The van der Waals surface area contributed by atoms with Gasteiger partial charge in [-0.15, -0.1) is 0 Å². The minimum Gasteiger partial charge on any atom is -0.445 e. The summed E-state index contributed by atoms with van der Waals surface area (Å²) in [7, 11) is 0. The van der Waals surface area contributed by atoms with Gasteiger partial charge in [0.15, 0.2) is 5.89 Å². The SMILES string of the molecule is Cc1cnn(CC(=O)N2CCC[C@@H](c3ncc(Cc4ccccc4)o3)C2)c1. The van der Waals surface area contributed by atoms with E-state index in [0.717, 1.165) is 43.0 Å². The summed E-state index contributed by atoms with van der Waals surface area (Å²) < 4.78 is 7.71. The Hall–Kier alpha value is -2.89. The van der Waals surface area contributed by atoms with E-state index in [0.29, 0.717) is 6.54 Å². The molecule has 27 heavy (non-hydrogen) atoms. The first-order valence-corrected chi connectivity index (χ1v) is 9.43. The van der Waals surface area contributed by atoms with Crippen molar-refractivity contribution in [3.63, 3.8) is 0 Å².